The highest BCUT2D eigenvalue weighted by molar-refractivity contribution is 5.89. The molecule has 0 aromatic heterocycles. The molecule has 0 saturated carbocycles. The molecule has 0 radical (unpaired) electrons. The summed E-state index contributed by atoms with van der Waals surface area (Å²) in [5.41, 5.74) is 0.661. The van der Waals surface area contributed by atoms with Crippen molar-refractivity contribution in [2.45, 2.75) is 19.4 Å². The first kappa shape index (κ1) is 9.74. The highest BCUT2D eigenvalue weighted by atomic mass is 16.4. The predicted molar refractivity (Wildman–Crippen MR) is 48.7 cm³/mol. The van der Waals surface area contributed by atoms with Crippen LogP contribution < -0.4 is 0 Å². The van der Waals surface area contributed by atoms with Crippen LogP contribution in [-0.2, 0) is 0 Å². The molecule has 0 heterocycles. The molecule has 0 fully saturated rings. The van der Waals surface area contributed by atoms with Crippen LogP contribution in [0.3, 0.4) is 0 Å². The summed E-state index contributed by atoms with van der Waals surface area (Å²) in [4.78, 5) is 10.7. The fourth-order valence-corrected chi connectivity index (χ4v) is 1.20. The average molecular weight is 180 g/mol. The van der Waals surface area contributed by atoms with E-state index in [4.69, 9.17) is 5.11 Å². The molecule has 0 aliphatic carbocycles. The normalized spacial score (nSPS) is 12.5. The first-order chi connectivity index (χ1) is 6.16. The molecule has 1 rings (SSSR count). The zero-order valence-electron chi connectivity index (χ0n) is 7.40. The van der Waals surface area contributed by atoms with Gasteiger partial charge < -0.3 is 10.2 Å². The smallest absolute Gasteiger partial charge is 0.336 e. The van der Waals surface area contributed by atoms with E-state index in [1.54, 1.807) is 18.2 Å². The van der Waals surface area contributed by atoms with Gasteiger partial charge in [-0.3, -0.25) is 0 Å². The SMILES string of the molecule is CC[C@@H](O)c1ccccc1C(=O)O. The molecule has 0 bridgehead atoms. The van der Waals surface area contributed by atoms with Crippen molar-refractivity contribution >= 4 is 5.97 Å². The number of benzene rings is 1. The van der Waals surface area contributed by atoms with Gasteiger partial charge in [-0.2, -0.15) is 0 Å². The van der Waals surface area contributed by atoms with Gasteiger partial charge in [0.2, 0.25) is 0 Å². The molecule has 70 valence electrons. The minimum Gasteiger partial charge on any atom is -0.478 e. The monoisotopic (exact) mass is 180 g/mol. The summed E-state index contributed by atoms with van der Waals surface area (Å²) in [5.74, 6) is -0.997. The Hall–Kier alpha value is -1.35. The lowest BCUT2D eigenvalue weighted by atomic mass is 10.0. The molecule has 0 amide bonds. The van der Waals surface area contributed by atoms with Crippen LogP contribution in [0.25, 0.3) is 0 Å². The number of carboxylic acids is 1. The van der Waals surface area contributed by atoms with E-state index in [2.05, 4.69) is 0 Å². The maximum Gasteiger partial charge on any atom is 0.336 e. The van der Waals surface area contributed by atoms with Crippen LogP contribution in [0.1, 0.15) is 35.4 Å². The van der Waals surface area contributed by atoms with Crippen LogP contribution in [0, 0.1) is 0 Å². The van der Waals surface area contributed by atoms with Gasteiger partial charge in [0.05, 0.1) is 11.7 Å². The molecule has 3 nitrogen and oxygen atoms in total. The van der Waals surface area contributed by atoms with Crippen LogP contribution in [-0.4, -0.2) is 16.2 Å². The Morgan fingerprint density at radius 1 is 1.46 bits per heavy atom. The van der Waals surface area contributed by atoms with Crippen molar-refractivity contribution in [2.75, 3.05) is 0 Å². The fraction of sp³-hybridized carbons (Fsp3) is 0.300. The molecular weight excluding hydrogens is 168 g/mol. The quantitative estimate of drug-likeness (QED) is 0.746. The van der Waals surface area contributed by atoms with Gasteiger partial charge in [0.25, 0.3) is 0 Å². The molecule has 1 aromatic rings. The maximum absolute atomic E-state index is 10.7. The van der Waals surface area contributed by atoms with Crippen LogP contribution >= 0.6 is 0 Å². The Bertz CT molecular complexity index is 307. The largest absolute Gasteiger partial charge is 0.478 e. The third-order valence-electron chi connectivity index (χ3n) is 1.94. The van der Waals surface area contributed by atoms with Gasteiger partial charge >= 0.3 is 5.97 Å². The number of carbonyl (C=O) groups is 1. The maximum atomic E-state index is 10.7. The molecule has 13 heavy (non-hydrogen) atoms. The molecule has 0 aliphatic rings. The minimum atomic E-state index is -0.997. The van der Waals surface area contributed by atoms with Gasteiger partial charge in [-0.15, -0.1) is 0 Å². The number of hydrogen-bond acceptors (Lipinski definition) is 2. The van der Waals surface area contributed by atoms with Crippen molar-refractivity contribution < 1.29 is 15.0 Å². The van der Waals surface area contributed by atoms with Crippen molar-refractivity contribution in [3.05, 3.63) is 35.4 Å². The van der Waals surface area contributed by atoms with Gasteiger partial charge in [0, 0.05) is 0 Å². The van der Waals surface area contributed by atoms with Gasteiger partial charge in [0.15, 0.2) is 0 Å². The Labute approximate surface area is 76.6 Å². The van der Waals surface area contributed by atoms with Gasteiger partial charge in [0.1, 0.15) is 0 Å². The molecule has 0 unspecified atom stereocenters. The summed E-state index contributed by atoms with van der Waals surface area (Å²) in [7, 11) is 0. The first-order valence-electron chi connectivity index (χ1n) is 4.17. The molecule has 1 atom stereocenters. The van der Waals surface area contributed by atoms with Crippen molar-refractivity contribution in [2.24, 2.45) is 0 Å². The first-order valence-corrected chi connectivity index (χ1v) is 4.17. The Morgan fingerprint density at radius 2 is 2.08 bits per heavy atom. The molecule has 0 spiro atoms. The zero-order valence-corrected chi connectivity index (χ0v) is 7.40. The van der Waals surface area contributed by atoms with Crippen LogP contribution in [0.2, 0.25) is 0 Å². The van der Waals surface area contributed by atoms with Gasteiger partial charge in [-0.25, -0.2) is 4.79 Å². The second kappa shape index (κ2) is 4.05. The summed E-state index contributed by atoms with van der Waals surface area (Å²) in [5, 5.41) is 18.3. The minimum absolute atomic E-state index is 0.178. The Morgan fingerprint density at radius 3 is 2.62 bits per heavy atom. The van der Waals surface area contributed by atoms with E-state index < -0.39 is 12.1 Å². The van der Waals surface area contributed by atoms with Gasteiger partial charge in [-0.1, -0.05) is 25.1 Å². The van der Waals surface area contributed by atoms with Crippen molar-refractivity contribution in [1.82, 2.24) is 0 Å². The van der Waals surface area contributed by atoms with Crippen molar-refractivity contribution in [1.29, 1.82) is 0 Å². The van der Waals surface area contributed by atoms with Crippen LogP contribution in [0.5, 0.6) is 0 Å². The molecule has 0 aliphatic heterocycles. The topological polar surface area (TPSA) is 57.5 Å². The number of aliphatic hydroxyl groups excluding tert-OH is 1. The number of carboxylic acid groups (broad SMARTS) is 1. The number of aliphatic hydroxyl groups is 1. The molecular formula is C10H12O3. The summed E-state index contributed by atoms with van der Waals surface area (Å²) in [6.45, 7) is 1.81. The third kappa shape index (κ3) is 2.06. The summed E-state index contributed by atoms with van der Waals surface area (Å²) >= 11 is 0. The standard InChI is InChI=1S/C10H12O3/c1-2-9(11)7-5-3-4-6-8(7)10(12)13/h3-6,9,11H,2H2,1H3,(H,12,13)/t9-/m1/s1. The molecule has 2 N–H and O–H groups in total. The molecule has 1 aromatic carbocycles. The molecule has 0 saturated heterocycles. The second-order valence-electron chi connectivity index (χ2n) is 2.82. The predicted octanol–water partition coefficient (Wildman–Crippen LogP) is 1.83. The average Bonchev–Trinajstić information content (AvgIpc) is 2.16. The van der Waals surface area contributed by atoms with E-state index in [9.17, 15) is 9.90 Å². The third-order valence-corrected chi connectivity index (χ3v) is 1.94. The van der Waals surface area contributed by atoms with Gasteiger partial charge in [-0.05, 0) is 18.1 Å². The van der Waals surface area contributed by atoms with E-state index in [1.807, 2.05) is 6.92 Å². The van der Waals surface area contributed by atoms with E-state index in [0.29, 0.717) is 12.0 Å². The highest BCUT2D eigenvalue weighted by Crippen LogP contribution is 2.20. The number of aromatic carboxylic acids is 1. The van der Waals surface area contributed by atoms with Crippen molar-refractivity contribution in [3.63, 3.8) is 0 Å². The summed E-state index contributed by atoms with van der Waals surface area (Å²) in [6.07, 6.45) is -0.170. The highest BCUT2D eigenvalue weighted by Gasteiger charge is 2.14. The van der Waals surface area contributed by atoms with E-state index in [0.717, 1.165) is 0 Å². The number of rotatable bonds is 3. The Kier molecular flexibility index (Phi) is 3.03. The lowest BCUT2D eigenvalue weighted by Crippen LogP contribution is -2.06. The van der Waals surface area contributed by atoms with E-state index in [1.165, 1.54) is 6.07 Å². The fourth-order valence-electron chi connectivity index (χ4n) is 1.20. The summed E-state index contributed by atoms with van der Waals surface area (Å²) in [6, 6.07) is 6.50. The Balaban J connectivity index is 3.11. The zero-order chi connectivity index (χ0) is 9.84. The summed E-state index contributed by atoms with van der Waals surface area (Å²) < 4.78 is 0. The van der Waals surface area contributed by atoms with Crippen LogP contribution in [0.4, 0.5) is 0 Å². The second-order valence-corrected chi connectivity index (χ2v) is 2.82. The molecule has 3 heteroatoms. The lowest BCUT2D eigenvalue weighted by molar-refractivity contribution is 0.0688. The van der Waals surface area contributed by atoms with E-state index in [-0.39, 0.29) is 5.56 Å². The lowest BCUT2D eigenvalue weighted by Gasteiger charge is -2.10. The number of hydrogen-bond donors (Lipinski definition) is 2. The van der Waals surface area contributed by atoms with E-state index >= 15 is 0 Å². The van der Waals surface area contributed by atoms with Crippen LogP contribution in [0.15, 0.2) is 24.3 Å². The van der Waals surface area contributed by atoms with Crippen molar-refractivity contribution in [3.8, 4) is 0 Å².